The molecule has 2 N–H and O–H groups in total. The van der Waals surface area contributed by atoms with Gasteiger partial charge in [-0.15, -0.1) is 0 Å². The largest absolute Gasteiger partial charge is 1.00 e. The summed E-state index contributed by atoms with van der Waals surface area (Å²) >= 11 is 0. The van der Waals surface area contributed by atoms with Crippen LogP contribution in [0, 0.1) is 13.8 Å². The van der Waals surface area contributed by atoms with Gasteiger partial charge in [-0.05, 0) is 66.4 Å². The summed E-state index contributed by atoms with van der Waals surface area (Å²) in [6, 6.07) is 7.20. The molecule has 0 saturated heterocycles. The first-order valence-electron chi connectivity index (χ1n) is 9.07. The first-order valence-corrected chi connectivity index (χ1v) is 10.6. The van der Waals surface area contributed by atoms with E-state index in [2.05, 4.69) is 4.52 Å². The van der Waals surface area contributed by atoms with E-state index in [0.29, 0.717) is 34.8 Å². The van der Waals surface area contributed by atoms with E-state index >= 15 is 0 Å². The van der Waals surface area contributed by atoms with E-state index in [1.54, 1.807) is 13.2 Å². The second kappa shape index (κ2) is 10.3. The van der Waals surface area contributed by atoms with E-state index in [-0.39, 0.29) is 36.8 Å². The van der Waals surface area contributed by atoms with Crippen molar-refractivity contribution in [3.63, 3.8) is 0 Å². The van der Waals surface area contributed by atoms with Crippen LogP contribution in [0.3, 0.4) is 0 Å². The molecule has 162 valence electrons. The van der Waals surface area contributed by atoms with Gasteiger partial charge in [-0.3, -0.25) is 4.79 Å². The molecule has 8 nitrogen and oxygen atoms in total. The van der Waals surface area contributed by atoms with E-state index in [0.717, 1.165) is 22.3 Å². The Hall–Kier alpha value is -1.64. The second-order valence-electron chi connectivity index (χ2n) is 6.91. The third-order valence-corrected chi connectivity index (χ3v) is 5.22. The summed E-state index contributed by atoms with van der Waals surface area (Å²) in [4.78, 5) is 30.4. The summed E-state index contributed by atoms with van der Waals surface area (Å²) in [5.41, 5.74) is 4.46. The van der Waals surface area contributed by atoms with Gasteiger partial charge in [-0.25, -0.2) is 9.09 Å². The van der Waals surface area contributed by atoms with Crippen molar-refractivity contribution in [2.75, 3.05) is 21.0 Å². The van der Waals surface area contributed by atoms with Gasteiger partial charge < -0.3 is 25.4 Å². The number of rotatable bonds is 7. The summed E-state index contributed by atoms with van der Waals surface area (Å²) in [7, 11) is -1.52. The van der Waals surface area contributed by atoms with Crippen LogP contribution >= 0.6 is 7.82 Å². The molecule has 0 heterocycles. The summed E-state index contributed by atoms with van der Waals surface area (Å²) in [6.45, 7) is 3.05. The van der Waals surface area contributed by atoms with Crippen LogP contribution in [0.5, 0.6) is 17.2 Å². The molecule has 0 atom stereocenters. The topological polar surface area (TPSA) is 112 Å². The molecule has 0 spiro atoms. The molecule has 0 bridgehead atoms. The van der Waals surface area contributed by atoms with Crippen molar-refractivity contribution in [1.29, 1.82) is 0 Å². The van der Waals surface area contributed by atoms with Gasteiger partial charge in [0.25, 0.3) is 0 Å². The van der Waals surface area contributed by atoms with Crippen molar-refractivity contribution in [3.8, 4) is 17.2 Å². The number of phosphoric acid groups is 1. The van der Waals surface area contributed by atoms with Crippen LogP contribution in [-0.2, 0) is 15.5 Å². The standard InChI is InChI=1S/C21H23O8P.Na.H/c1-12-5-14(6-13(2)21(12)28-11-29-30(23,24)25)7-16-8-15-9-18(26-3)19(27-4)10-17(15)20(16)22;;/h5-7,9-10H,8,11H2,1-4H3,(H2,23,24,25);;/q;+1;-1/b16-7+;;. The van der Waals surface area contributed by atoms with Gasteiger partial charge in [0, 0.05) is 17.6 Å². The molecule has 0 unspecified atom stereocenters. The third-order valence-electron chi connectivity index (χ3n) is 4.77. The number of aryl methyl sites for hydroxylation is 2. The van der Waals surface area contributed by atoms with Crippen LogP contribution in [0.4, 0.5) is 0 Å². The summed E-state index contributed by atoms with van der Waals surface area (Å²) in [6.07, 6.45) is 2.32. The second-order valence-corrected chi connectivity index (χ2v) is 8.14. The van der Waals surface area contributed by atoms with Crippen LogP contribution in [0.15, 0.2) is 29.8 Å². The monoisotopic (exact) mass is 458 g/mol. The molecule has 1 aliphatic carbocycles. The molecule has 31 heavy (non-hydrogen) atoms. The molecule has 0 aromatic heterocycles. The van der Waals surface area contributed by atoms with E-state index in [1.807, 2.05) is 38.1 Å². The average Bonchev–Trinajstić information content (AvgIpc) is 2.96. The number of methoxy groups -OCH3 is 2. The Morgan fingerprint density at radius 3 is 2.19 bits per heavy atom. The molecule has 0 amide bonds. The number of hydrogen-bond acceptors (Lipinski definition) is 6. The molecule has 0 radical (unpaired) electrons. The van der Waals surface area contributed by atoms with Crippen LogP contribution in [-0.4, -0.2) is 36.6 Å². The number of carbonyl (C=O) groups is 1. The summed E-state index contributed by atoms with van der Waals surface area (Å²) in [5, 5.41) is 0. The number of ketones is 1. The minimum atomic E-state index is -4.60. The molecule has 2 aromatic rings. The Labute approximate surface area is 204 Å². The Balaban J connectivity index is 0.00000256. The van der Waals surface area contributed by atoms with E-state index < -0.39 is 14.6 Å². The molecule has 0 aliphatic heterocycles. The molecule has 10 heteroatoms. The molecule has 0 fully saturated rings. The van der Waals surface area contributed by atoms with E-state index in [1.165, 1.54) is 7.11 Å². The van der Waals surface area contributed by atoms with Gasteiger partial charge in [0.2, 0.25) is 0 Å². The van der Waals surface area contributed by atoms with Crippen molar-refractivity contribution in [3.05, 3.63) is 57.7 Å². The minimum absolute atomic E-state index is 0. The van der Waals surface area contributed by atoms with Gasteiger partial charge in [0.1, 0.15) is 5.75 Å². The maximum Gasteiger partial charge on any atom is 1.00 e. The Morgan fingerprint density at radius 2 is 1.65 bits per heavy atom. The fraction of sp³-hybridized carbons (Fsp3) is 0.286. The fourth-order valence-electron chi connectivity index (χ4n) is 3.50. The van der Waals surface area contributed by atoms with Gasteiger partial charge >= 0.3 is 37.4 Å². The summed E-state index contributed by atoms with van der Waals surface area (Å²) in [5.74, 6) is 1.50. The quantitative estimate of drug-likeness (QED) is 0.270. The van der Waals surface area contributed by atoms with E-state index in [4.69, 9.17) is 24.0 Å². The number of phosphoric ester groups is 1. The van der Waals surface area contributed by atoms with Crippen molar-refractivity contribution in [2.24, 2.45) is 0 Å². The first-order chi connectivity index (χ1) is 14.1. The zero-order valence-corrected chi connectivity index (χ0v) is 21.0. The number of benzene rings is 2. The number of fused-ring (bicyclic) bond motifs is 1. The number of ether oxygens (including phenoxy) is 3. The van der Waals surface area contributed by atoms with Crippen LogP contribution in [0.1, 0.15) is 34.0 Å². The Morgan fingerprint density at radius 1 is 1.06 bits per heavy atom. The van der Waals surface area contributed by atoms with Gasteiger partial charge in [0.15, 0.2) is 24.1 Å². The SMILES string of the molecule is COc1cc2c(cc1OC)C(=O)/C(=C/c1cc(C)c(OCOP(=O)(O)O)c(C)c1)C2.[H-].[Na+]. The molecular formula is C21H24NaO8P. The maximum absolute atomic E-state index is 12.9. The fourth-order valence-corrected chi connectivity index (χ4v) is 3.69. The van der Waals surface area contributed by atoms with Crippen molar-refractivity contribution in [1.82, 2.24) is 0 Å². The Kier molecular flexibility index (Phi) is 8.53. The van der Waals surface area contributed by atoms with Crippen molar-refractivity contribution < 1.29 is 68.9 Å². The molecular weight excluding hydrogens is 434 g/mol. The van der Waals surface area contributed by atoms with Crippen molar-refractivity contribution in [2.45, 2.75) is 20.3 Å². The number of hydrogen-bond donors (Lipinski definition) is 2. The predicted octanol–water partition coefficient (Wildman–Crippen LogP) is 0.705. The molecule has 2 aromatic carbocycles. The molecule has 3 rings (SSSR count). The number of Topliss-reactive ketones (excluding diaryl/α,β-unsaturated/α-hetero) is 1. The Bertz CT molecular complexity index is 1060. The van der Waals surface area contributed by atoms with Gasteiger partial charge in [-0.2, -0.15) is 0 Å². The van der Waals surface area contributed by atoms with Crippen molar-refractivity contribution >= 4 is 19.7 Å². The first kappa shape index (κ1) is 25.6. The molecule has 1 aliphatic rings. The van der Waals surface area contributed by atoms with Gasteiger partial charge in [-0.1, -0.05) is 0 Å². The van der Waals surface area contributed by atoms with Crippen LogP contribution in [0.2, 0.25) is 0 Å². The smallest absolute Gasteiger partial charge is 1.00 e. The maximum atomic E-state index is 12.9. The molecule has 0 saturated carbocycles. The minimum Gasteiger partial charge on any atom is -1.00 e. The predicted molar refractivity (Wildman–Crippen MR) is 111 cm³/mol. The summed E-state index contributed by atoms with van der Waals surface area (Å²) < 4.78 is 31.1. The average molecular weight is 458 g/mol. The van der Waals surface area contributed by atoms with Gasteiger partial charge in [0.05, 0.1) is 14.2 Å². The zero-order chi connectivity index (χ0) is 22.1. The third kappa shape index (κ3) is 5.99. The van der Waals surface area contributed by atoms with Crippen LogP contribution < -0.4 is 43.8 Å². The van der Waals surface area contributed by atoms with Crippen LogP contribution in [0.25, 0.3) is 6.08 Å². The number of carbonyl (C=O) groups excluding carboxylic acids is 1. The van der Waals surface area contributed by atoms with E-state index in [9.17, 15) is 9.36 Å². The zero-order valence-electron chi connectivity index (χ0n) is 19.1. The number of allylic oxidation sites excluding steroid dienone is 1. The normalized spacial score (nSPS) is 14.3.